The second-order valence-electron chi connectivity index (χ2n) is 4.58. The minimum atomic E-state index is -0.173. The predicted octanol–water partition coefficient (Wildman–Crippen LogP) is 2.53. The van der Waals surface area contributed by atoms with Crippen molar-refractivity contribution in [3.05, 3.63) is 48.0 Å². The summed E-state index contributed by atoms with van der Waals surface area (Å²) in [5.41, 5.74) is 2.06. The van der Waals surface area contributed by atoms with Gasteiger partial charge in [-0.2, -0.15) is 0 Å². The SMILES string of the molecule is C=C(C)CNCC(C)C(=O)OCc1ccccc1. The number of carbonyl (C=O) groups excluding carboxylic acids is 1. The molecule has 0 amide bonds. The fourth-order valence-electron chi connectivity index (χ4n) is 1.46. The van der Waals surface area contributed by atoms with Crippen LogP contribution in [0, 0.1) is 5.92 Å². The lowest BCUT2D eigenvalue weighted by molar-refractivity contribution is -0.149. The van der Waals surface area contributed by atoms with Crippen molar-refractivity contribution in [3.63, 3.8) is 0 Å². The van der Waals surface area contributed by atoms with E-state index in [1.54, 1.807) is 0 Å². The van der Waals surface area contributed by atoms with Crippen LogP contribution in [0.4, 0.5) is 0 Å². The highest BCUT2D eigenvalue weighted by molar-refractivity contribution is 5.72. The number of nitrogens with one attached hydrogen (secondary N) is 1. The Bertz CT molecular complexity index is 387. The van der Waals surface area contributed by atoms with Crippen LogP contribution in [0.2, 0.25) is 0 Å². The molecule has 1 N–H and O–H groups in total. The highest BCUT2D eigenvalue weighted by Gasteiger charge is 2.13. The van der Waals surface area contributed by atoms with E-state index in [4.69, 9.17) is 4.74 Å². The van der Waals surface area contributed by atoms with Gasteiger partial charge in [0.1, 0.15) is 6.61 Å². The minimum absolute atomic E-state index is 0.145. The third-order valence-electron chi connectivity index (χ3n) is 2.50. The molecule has 18 heavy (non-hydrogen) atoms. The van der Waals surface area contributed by atoms with Crippen molar-refractivity contribution in [2.45, 2.75) is 20.5 Å². The Balaban J connectivity index is 2.25. The van der Waals surface area contributed by atoms with E-state index in [1.807, 2.05) is 44.2 Å². The van der Waals surface area contributed by atoms with E-state index in [0.29, 0.717) is 13.2 Å². The Morgan fingerprint density at radius 3 is 2.67 bits per heavy atom. The van der Waals surface area contributed by atoms with Crippen LogP contribution in [-0.2, 0) is 16.1 Å². The van der Waals surface area contributed by atoms with Crippen molar-refractivity contribution in [2.75, 3.05) is 13.1 Å². The quantitative estimate of drug-likeness (QED) is 0.594. The average Bonchev–Trinajstić information content (AvgIpc) is 2.36. The van der Waals surface area contributed by atoms with E-state index in [9.17, 15) is 4.79 Å². The maximum Gasteiger partial charge on any atom is 0.310 e. The summed E-state index contributed by atoms with van der Waals surface area (Å²) in [6, 6.07) is 9.69. The van der Waals surface area contributed by atoms with Crippen LogP contribution in [0.15, 0.2) is 42.5 Å². The molecular formula is C15H21NO2. The average molecular weight is 247 g/mol. The van der Waals surface area contributed by atoms with Crippen molar-refractivity contribution >= 4 is 5.97 Å². The highest BCUT2D eigenvalue weighted by atomic mass is 16.5. The molecule has 0 bridgehead atoms. The van der Waals surface area contributed by atoms with Gasteiger partial charge in [0.05, 0.1) is 5.92 Å². The Labute approximate surface area is 109 Å². The molecule has 0 aliphatic heterocycles. The maximum absolute atomic E-state index is 11.7. The number of benzene rings is 1. The molecular weight excluding hydrogens is 226 g/mol. The van der Waals surface area contributed by atoms with Crippen molar-refractivity contribution in [1.82, 2.24) is 5.32 Å². The predicted molar refractivity (Wildman–Crippen MR) is 73.1 cm³/mol. The molecule has 0 spiro atoms. The number of hydrogen-bond donors (Lipinski definition) is 1. The second kappa shape index (κ2) is 7.67. The van der Waals surface area contributed by atoms with E-state index in [-0.39, 0.29) is 11.9 Å². The first-order chi connectivity index (χ1) is 8.59. The van der Waals surface area contributed by atoms with Crippen LogP contribution >= 0.6 is 0 Å². The van der Waals surface area contributed by atoms with Gasteiger partial charge in [0.15, 0.2) is 0 Å². The number of esters is 1. The molecule has 0 fully saturated rings. The first-order valence-corrected chi connectivity index (χ1v) is 6.15. The Morgan fingerprint density at radius 2 is 2.06 bits per heavy atom. The summed E-state index contributed by atoms with van der Waals surface area (Å²) in [6.07, 6.45) is 0. The monoisotopic (exact) mass is 247 g/mol. The summed E-state index contributed by atoms with van der Waals surface area (Å²) in [5.74, 6) is -0.318. The molecule has 1 rings (SSSR count). The van der Waals surface area contributed by atoms with Crippen molar-refractivity contribution in [1.29, 1.82) is 0 Å². The van der Waals surface area contributed by atoms with Gasteiger partial charge in [0.25, 0.3) is 0 Å². The summed E-state index contributed by atoms with van der Waals surface area (Å²) in [5, 5.41) is 3.16. The first kappa shape index (κ1) is 14.5. The number of ether oxygens (including phenoxy) is 1. The summed E-state index contributed by atoms with van der Waals surface area (Å²) < 4.78 is 5.25. The van der Waals surface area contributed by atoms with Crippen molar-refractivity contribution < 1.29 is 9.53 Å². The Hall–Kier alpha value is -1.61. The van der Waals surface area contributed by atoms with Gasteiger partial charge in [-0.1, -0.05) is 49.4 Å². The molecule has 3 nitrogen and oxygen atoms in total. The fourth-order valence-corrected chi connectivity index (χ4v) is 1.46. The normalized spacial score (nSPS) is 11.9. The lowest BCUT2D eigenvalue weighted by atomic mass is 10.2. The minimum Gasteiger partial charge on any atom is -0.461 e. The van der Waals surface area contributed by atoms with Gasteiger partial charge in [-0.15, -0.1) is 0 Å². The molecule has 98 valence electrons. The topological polar surface area (TPSA) is 38.3 Å². The number of carbonyl (C=O) groups is 1. The molecule has 0 saturated carbocycles. The molecule has 1 aromatic rings. The molecule has 0 aliphatic rings. The van der Waals surface area contributed by atoms with E-state index in [1.165, 1.54) is 0 Å². The first-order valence-electron chi connectivity index (χ1n) is 6.15. The van der Waals surface area contributed by atoms with E-state index in [0.717, 1.165) is 17.7 Å². The molecule has 0 heterocycles. The van der Waals surface area contributed by atoms with E-state index in [2.05, 4.69) is 11.9 Å². The van der Waals surface area contributed by atoms with Gasteiger partial charge in [-0.25, -0.2) is 0 Å². The van der Waals surface area contributed by atoms with E-state index >= 15 is 0 Å². The third-order valence-corrected chi connectivity index (χ3v) is 2.50. The largest absolute Gasteiger partial charge is 0.461 e. The Morgan fingerprint density at radius 1 is 1.39 bits per heavy atom. The van der Waals surface area contributed by atoms with Crippen molar-refractivity contribution in [3.8, 4) is 0 Å². The molecule has 1 unspecified atom stereocenters. The fraction of sp³-hybridized carbons (Fsp3) is 0.400. The summed E-state index contributed by atoms with van der Waals surface area (Å²) in [7, 11) is 0. The van der Waals surface area contributed by atoms with E-state index < -0.39 is 0 Å². The third kappa shape index (κ3) is 5.64. The number of rotatable bonds is 7. The summed E-state index contributed by atoms with van der Waals surface area (Å²) >= 11 is 0. The molecule has 1 atom stereocenters. The molecule has 3 heteroatoms. The summed E-state index contributed by atoms with van der Waals surface area (Å²) in [6.45, 7) is 9.29. The summed E-state index contributed by atoms with van der Waals surface area (Å²) in [4.78, 5) is 11.7. The van der Waals surface area contributed by atoms with Crippen LogP contribution in [0.5, 0.6) is 0 Å². The highest BCUT2D eigenvalue weighted by Crippen LogP contribution is 2.04. The second-order valence-corrected chi connectivity index (χ2v) is 4.58. The van der Waals surface area contributed by atoms with Gasteiger partial charge in [0.2, 0.25) is 0 Å². The van der Waals surface area contributed by atoms with Gasteiger partial charge in [-0.3, -0.25) is 4.79 Å². The molecule has 0 aromatic heterocycles. The zero-order chi connectivity index (χ0) is 13.4. The Kier molecular flexibility index (Phi) is 6.15. The van der Waals surface area contributed by atoms with Crippen LogP contribution in [0.1, 0.15) is 19.4 Å². The zero-order valence-electron chi connectivity index (χ0n) is 11.1. The van der Waals surface area contributed by atoms with Gasteiger partial charge in [-0.05, 0) is 12.5 Å². The van der Waals surface area contributed by atoms with Crippen LogP contribution in [0.3, 0.4) is 0 Å². The maximum atomic E-state index is 11.7. The molecule has 1 aromatic carbocycles. The van der Waals surface area contributed by atoms with Crippen LogP contribution < -0.4 is 5.32 Å². The van der Waals surface area contributed by atoms with Gasteiger partial charge < -0.3 is 10.1 Å². The van der Waals surface area contributed by atoms with Gasteiger partial charge >= 0.3 is 5.97 Å². The number of hydrogen-bond acceptors (Lipinski definition) is 3. The van der Waals surface area contributed by atoms with Gasteiger partial charge in [0, 0.05) is 13.1 Å². The van der Waals surface area contributed by atoms with Crippen molar-refractivity contribution in [2.24, 2.45) is 5.92 Å². The molecule has 0 radical (unpaired) electrons. The lowest BCUT2D eigenvalue weighted by Gasteiger charge is -2.12. The standard InChI is InChI=1S/C15H21NO2/c1-12(2)9-16-10-13(3)15(17)18-11-14-7-5-4-6-8-14/h4-8,13,16H,1,9-11H2,2-3H3. The zero-order valence-corrected chi connectivity index (χ0v) is 11.1. The van der Waals surface area contributed by atoms with Crippen LogP contribution in [-0.4, -0.2) is 19.1 Å². The van der Waals surface area contributed by atoms with Crippen LogP contribution in [0.25, 0.3) is 0 Å². The molecule has 0 saturated heterocycles. The smallest absolute Gasteiger partial charge is 0.310 e. The lowest BCUT2D eigenvalue weighted by Crippen LogP contribution is -2.28. The molecule has 0 aliphatic carbocycles.